The Morgan fingerprint density at radius 2 is 1.03 bits per heavy atom. The fourth-order valence-electron chi connectivity index (χ4n) is 11.9. The van der Waals surface area contributed by atoms with Gasteiger partial charge in [0, 0.05) is 38.5 Å². The summed E-state index contributed by atoms with van der Waals surface area (Å²) >= 11 is 0. The molecule has 8 fully saturated rings. The van der Waals surface area contributed by atoms with Crippen LogP contribution < -0.4 is 18.9 Å². The molecule has 2 aliphatic carbocycles. The maximum Gasteiger partial charge on any atom is 0.313 e. The first-order valence-electron chi connectivity index (χ1n) is 20.9. The number of methoxy groups -OCH3 is 4. The number of esters is 2. The number of rotatable bonds is 10. The van der Waals surface area contributed by atoms with Crippen molar-refractivity contribution in [2.45, 2.75) is 101 Å². The number of carbonyl (C=O) groups is 6. The Morgan fingerprint density at radius 3 is 1.40 bits per heavy atom. The molecule has 10 atom stereocenters. The lowest BCUT2D eigenvalue weighted by Gasteiger charge is -2.51. The molecule has 0 unspecified atom stereocenters. The predicted molar refractivity (Wildman–Crippen MR) is 209 cm³/mol. The molecule has 6 aliphatic heterocycles. The van der Waals surface area contributed by atoms with E-state index in [-0.39, 0.29) is 73.4 Å². The SMILES string of the molecule is COc1ccc(OC)c(C(=O)C[C@@]23CC[C@H]4O[C@H]5CCC(=O)N5[C@H](O)[C@]42COC3=O)c1.COc1ccc(OC)c(C(=O)C[C@]23CC[C@@H]4O[C@@H]5CCC(=O)N5[C@@H](O)[C@@]42COC3=O)c1. The van der Waals surface area contributed by atoms with Gasteiger partial charge in [0.05, 0.1) is 73.4 Å². The summed E-state index contributed by atoms with van der Waals surface area (Å²) in [4.78, 5) is 80.6. The first-order valence-corrected chi connectivity index (χ1v) is 20.9. The number of hydrogen-bond acceptors (Lipinski definition) is 16. The highest BCUT2D eigenvalue weighted by atomic mass is 16.6. The van der Waals surface area contributed by atoms with E-state index in [1.54, 1.807) is 36.4 Å². The molecule has 18 nitrogen and oxygen atoms in total. The number of Topliss-reactive ketones (excluding diaryl/α,β-unsaturated/α-hetero) is 2. The smallest absolute Gasteiger partial charge is 0.313 e. The van der Waals surface area contributed by atoms with Gasteiger partial charge in [-0.15, -0.1) is 0 Å². The van der Waals surface area contributed by atoms with Crippen LogP contribution in [0.1, 0.15) is 84.9 Å². The van der Waals surface area contributed by atoms with Crippen molar-refractivity contribution in [1.82, 2.24) is 9.80 Å². The Labute approximate surface area is 356 Å². The van der Waals surface area contributed by atoms with Crippen LogP contribution in [0.25, 0.3) is 0 Å². The zero-order chi connectivity index (χ0) is 43.9. The summed E-state index contributed by atoms with van der Waals surface area (Å²) in [6.45, 7) is -0.173. The van der Waals surface area contributed by atoms with E-state index < -0.39 is 70.7 Å². The summed E-state index contributed by atoms with van der Waals surface area (Å²) in [5.41, 5.74) is -4.34. The molecule has 6 heterocycles. The summed E-state index contributed by atoms with van der Waals surface area (Å²) < 4.78 is 44.4. The molecule has 10 rings (SSSR count). The average molecular weight is 863 g/mol. The van der Waals surface area contributed by atoms with Crippen molar-refractivity contribution in [3.05, 3.63) is 47.5 Å². The van der Waals surface area contributed by atoms with Crippen LogP contribution in [-0.2, 0) is 38.1 Å². The second-order valence-corrected chi connectivity index (χ2v) is 17.4. The fraction of sp³-hybridized carbons (Fsp3) is 0.591. The minimum atomic E-state index is -1.28. The predicted octanol–water partition coefficient (Wildman–Crippen LogP) is 2.53. The molecule has 0 radical (unpaired) electrons. The maximum absolute atomic E-state index is 13.5. The zero-order valence-corrected chi connectivity index (χ0v) is 34.9. The Balaban J connectivity index is 0.000000158. The van der Waals surface area contributed by atoms with Crippen molar-refractivity contribution in [2.24, 2.45) is 21.7 Å². The van der Waals surface area contributed by atoms with Gasteiger partial charge in [-0.1, -0.05) is 0 Å². The fourth-order valence-corrected chi connectivity index (χ4v) is 11.9. The van der Waals surface area contributed by atoms with Gasteiger partial charge in [0.2, 0.25) is 11.8 Å². The number of cyclic esters (lactones) is 2. The molecule has 2 spiro atoms. The van der Waals surface area contributed by atoms with Crippen LogP contribution >= 0.6 is 0 Å². The van der Waals surface area contributed by atoms with Gasteiger partial charge in [-0.3, -0.25) is 38.6 Å². The number of ether oxygens (including phenoxy) is 8. The molecule has 2 aromatic carbocycles. The van der Waals surface area contributed by atoms with Gasteiger partial charge in [0.25, 0.3) is 0 Å². The van der Waals surface area contributed by atoms with Crippen LogP contribution in [-0.4, -0.2) is 134 Å². The Morgan fingerprint density at radius 1 is 0.629 bits per heavy atom. The van der Waals surface area contributed by atoms with E-state index in [2.05, 4.69) is 0 Å². The number of hydrogen-bond donors (Lipinski definition) is 2. The van der Waals surface area contributed by atoms with E-state index in [0.29, 0.717) is 61.5 Å². The molecule has 62 heavy (non-hydrogen) atoms. The second-order valence-electron chi connectivity index (χ2n) is 17.4. The van der Waals surface area contributed by atoms with Crippen LogP contribution in [0.3, 0.4) is 0 Å². The van der Waals surface area contributed by atoms with Crippen LogP contribution in [0.2, 0.25) is 0 Å². The topological polar surface area (TPSA) is 223 Å². The average Bonchev–Trinajstić information content (AvgIpc) is 4.11. The highest BCUT2D eigenvalue weighted by molar-refractivity contribution is 6.03. The molecule has 8 aliphatic rings. The second kappa shape index (κ2) is 15.2. The van der Waals surface area contributed by atoms with E-state index in [0.717, 1.165) is 0 Å². The number of fused-ring (bicyclic) bond motifs is 2. The van der Waals surface area contributed by atoms with Crippen molar-refractivity contribution in [1.29, 1.82) is 0 Å². The summed E-state index contributed by atoms with van der Waals surface area (Å²) in [6.07, 6.45) is -1.55. The highest BCUT2D eigenvalue weighted by Gasteiger charge is 2.78. The summed E-state index contributed by atoms with van der Waals surface area (Å²) in [7, 11) is 5.93. The number of aliphatic hydroxyl groups excluding tert-OH is 2. The quantitative estimate of drug-likeness (QED) is 0.259. The van der Waals surface area contributed by atoms with Gasteiger partial charge in [0.1, 0.15) is 61.1 Å². The number of amides is 2. The number of nitrogens with zero attached hydrogens (tertiary/aromatic N) is 2. The molecule has 332 valence electrons. The standard InChI is InChI=1S/2C22H25NO8/c2*1-28-12-3-4-15(29-2)13(9-12)14(24)10-21-8-7-16-22(21,11-30-20(21)27)19(26)23-17(25)5-6-18(23)31-16/h2*3-4,9,16,18-19,26H,5-8,10-11H2,1-2H3/t2*16-,18+,19-,21-,22+/m10/s1. The van der Waals surface area contributed by atoms with E-state index >= 15 is 0 Å². The molecule has 0 aromatic heterocycles. The lowest BCUT2D eigenvalue weighted by Crippen LogP contribution is -2.66. The first kappa shape index (κ1) is 42.0. The number of ketones is 2. The van der Waals surface area contributed by atoms with E-state index in [9.17, 15) is 39.0 Å². The van der Waals surface area contributed by atoms with E-state index in [4.69, 9.17) is 37.9 Å². The van der Waals surface area contributed by atoms with Crippen LogP contribution in [0, 0.1) is 21.7 Å². The third-order valence-electron chi connectivity index (χ3n) is 15.1. The van der Waals surface area contributed by atoms with E-state index in [1.807, 2.05) is 0 Å². The molecule has 2 N–H and O–H groups in total. The first-order chi connectivity index (χ1) is 29.7. The minimum Gasteiger partial charge on any atom is -0.497 e. The van der Waals surface area contributed by atoms with Gasteiger partial charge in [-0.05, 0) is 62.1 Å². The molecular formula is C44H50N2O16. The Hall–Kier alpha value is -5.30. The van der Waals surface area contributed by atoms with Gasteiger partial charge in [0.15, 0.2) is 11.6 Å². The van der Waals surface area contributed by atoms with Gasteiger partial charge in [-0.25, -0.2) is 0 Å². The highest BCUT2D eigenvalue weighted by Crippen LogP contribution is 2.67. The number of carbonyl (C=O) groups excluding carboxylic acids is 6. The largest absolute Gasteiger partial charge is 0.497 e. The molecular weight excluding hydrogens is 812 g/mol. The maximum atomic E-state index is 13.5. The number of aliphatic hydroxyl groups is 2. The molecule has 2 saturated carbocycles. The zero-order valence-electron chi connectivity index (χ0n) is 34.9. The third-order valence-corrected chi connectivity index (χ3v) is 15.1. The normalized spacial score (nSPS) is 36.0. The Bertz CT molecular complexity index is 2080. The number of benzene rings is 2. The van der Waals surface area contributed by atoms with Crippen molar-refractivity contribution in [3.63, 3.8) is 0 Å². The molecule has 2 amide bonds. The lowest BCUT2D eigenvalue weighted by molar-refractivity contribution is -0.269. The molecule has 0 bridgehead atoms. The van der Waals surface area contributed by atoms with E-state index in [1.165, 1.54) is 38.2 Å². The van der Waals surface area contributed by atoms with Crippen molar-refractivity contribution in [2.75, 3.05) is 41.7 Å². The van der Waals surface area contributed by atoms with Crippen molar-refractivity contribution >= 4 is 35.3 Å². The van der Waals surface area contributed by atoms with Crippen LogP contribution in [0.5, 0.6) is 23.0 Å². The van der Waals surface area contributed by atoms with Gasteiger partial charge in [-0.2, -0.15) is 0 Å². The molecule has 18 heteroatoms. The summed E-state index contributed by atoms with van der Waals surface area (Å²) in [6, 6.07) is 9.79. The van der Waals surface area contributed by atoms with Gasteiger partial charge >= 0.3 is 11.9 Å². The van der Waals surface area contributed by atoms with Gasteiger partial charge < -0.3 is 48.1 Å². The van der Waals surface area contributed by atoms with Crippen LogP contribution in [0.4, 0.5) is 0 Å². The lowest BCUT2D eigenvalue weighted by atomic mass is 9.62. The summed E-state index contributed by atoms with van der Waals surface area (Å²) in [5.74, 6) is -0.427. The van der Waals surface area contributed by atoms with Crippen molar-refractivity contribution < 1.29 is 76.9 Å². The Kier molecular flexibility index (Phi) is 10.3. The third kappa shape index (κ3) is 5.68. The van der Waals surface area contributed by atoms with Crippen molar-refractivity contribution in [3.8, 4) is 23.0 Å². The van der Waals surface area contributed by atoms with Crippen LogP contribution in [0.15, 0.2) is 36.4 Å². The monoisotopic (exact) mass is 862 g/mol. The molecule has 2 aromatic rings. The minimum absolute atomic E-state index is 0.0866. The summed E-state index contributed by atoms with van der Waals surface area (Å²) in [5, 5.41) is 22.7. The molecule has 6 saturated heterocycles.